The third-order valence-electron chi connectivity index (χ3n) is 3.21. The molecule has 1 aromatic rings. The molecule has 1 saturated carbocycles. The van der Waals surface area contributed by atoms with E-state index in [2.05, 4.69) is 4.72 Å². The molecule has 1 unspecified atom stereocenters. The van der Waals surface area contributed by atoms with Gasteiger partial charge in [0.05, 0.1) is 9.82 Å². The van der Waals surface area contributed by atoms with Gasteiger partial charge in [-0.15, -0.1) is 0 Å². The Morgan fingerprint density at radius 1 is 1.50 bits per heavy atom. The molecule has 0 heterocycles. The van der Waals surface area contributed by atoms with Crippen molar-refractivity contribution in [2.75, 3.05) is 6.54 Å². The van der Waals surface area contributed by atoms with E-state index in [1.807, 2.05) is 0 Å². The number of aromatic hydroxyl groups is 1. The first-order chi connectivity index (χ1) is 9.35. The van der Waals surface area contributed by atoms with Crippen LogP contribution >= 0.6 is 0 Å². The fraction of sp³-hybridized carbons (Fsp3) is 0.455. The first kappa shape index (κ1) is 14.7. The summed E-state index contributed by atoms with van der Waals surface area (Å²) >= 11 is 0. The molecule has 0 spiro atoms. The number of nitro groups is 1. The van der Waals surface area contributed by atoms with Crippen LogP contribution in [0.15, 0.2) is 23.1 Å². The fourth-order valence-corrected chi connectivity index (χ4v) is 3.26. The molecule has 0 bridgehead atoms. The lowest BCUT2D eigenvalue weighted by Gasteiger charge is -2.16. The number of nitrogens with two attached hydrogens (primary N) is 1. The van der Waals surface area contributed by atoms with Gasteiger partial charge in [0.1, 0.15) is 0 Å². The minimum absolute atomic E-state index is 0.171. The molecule has 1 atom stereocenters. The van der Waals surface area contributed by atoms with E-state index in [4.69, 9.17) is 5.73 Å². The Hall–Kier alpha value is -1.71. The highest BCUT2D eigenvalue weighted by atomic mass is 32.2. The summed E-state index contributed by atoms with van der Waals surface area (Å²) in [6.07, 6.45) is 1.83. The fourth-order valence-electron chi connectivity index (χ4n) is 1.92. The summed E-state index contributed by atoms with van der Waals surface area (Å²) in [5, 5.41) is 20.0. The maximum Gasteiger partial charge on any atom is 0.312 e. The normalized spacial score (nSPS) is 16.9. The summed E-state index contributed by atoms with van der Waals surface area (Å²) in [5.41, 5.74) is 4.88. The second kappa shape index (κ2) is 5.35. The molecule has 8 nitrogen and oxygen atoms in total. The highest BCUT2D eigenvalue weighted by Crippen LogP contribution is 2.33. The molecule has 1 aliphatic rings. The van der Waals surface area contributed by atoms with Crippen molar-refractivity contribution in [3.05, 3.63) is 28.3 Å². The summed E-state index contributed by atoms with van der Waals surface area (Å²) in [6.45, 7) is 0.171. The number of hydrogen-bond donors (Lipinski definition) is 3. The lowest BCUT2D eigenvalue weighted by atomic mass is 10.2. The molecule has 20 heavy (non-hydrogen) atoms. The van der Waals surface area contributed by atoms with Crippen LogP contribution in [0.25, 0.3) is 0 Å². The van der Waals surface area contributed by atoms with Gasteiger partial charge >= 0.3 is 5.69 Å². The Labute approximate surface area is 115 Å². The number of sulfonamides is 1. The molecule has 1 aromatic carbocycles. The van der Waals surface area contributed by atoms with Gasteiger partial charge < -0.3 is 10.8 Å². The van der Waals surface area contributed by atoms with Gasteiger partial charge in [0.15, 0.2) is 5.75 Å². The second-order valence-electron chi connectivity index (χ2n) is 4.71. The van der Waals surface area contributed by atoms with Crippen molar-refractivity contribution in [2.24, 2.45) is 11.7 Å². The van der Waals surface area contributed by atoms with E-state index in [1.165, 1.54) is 0 Å². The summed E-state index contributed by atoms with van der Waals surface area (Å²) in [7, 11) is -3.89. The van der Waals surface area contributed by atoms with E-state index in [1.54, 1.807) is 0 Å². The van der Waals surface area contributed by atoms with Crippen molar-refractivity contribution in [3.8, 4) is 5.75 Å². The Morgan fingerprint density at radius 3 is 2.65 bits per heavy atom. The number of nitro benzene ring substituents is 1. The van der Waals surface area contributed by atoms with Crippen molar-refractivity contribution >= 4 is 15.7 Å². The second-order valence-corrected chi connectivity index (χ2v) is 6.42. The zero-order valence-electron chi connectivity index (χ0n) is 10.5. The lowest BCUT2D eigenvalue weighted by Crippen LogP contribution is -2.41. The smallest absolute Gasteiger partial charge is 0.312 e. The van der Waals surface area contributed by atoms with E-state index in [9.17, 15) is 23.6 Å². The van der Waals surface area contributed by atoms with Crippen molar-refractivity contribution in [3.63, 3.8) is 0 Å². The molecule has 1 fully saturated rings. The molecule has 0 aliphatic heterocycles. The van der Waals surface area contributed by atoms with Crippen LogP contribution in [0.1, 0.15) is 12.8 Å². The molecule has 4 N–H and O–H groups in total. The van der Waals surface area contributed by atoms with Crippen LogP contribution in [0.5, 0.6) is 5.75 Å². The summed E-state index contributed by atoms with van der Waals surface area (Å²) < 4.78 is 26.7. The van der Waals surface area contributed by atoms with E-state index in [0.717, 1.165) is 31.0 Å². The maximum atomic E-state index is 12.1. The van der Waals surface area contributed by atoms with Gasteiger partial charge in [-0.2, -0.15) is 0 Å². The Bertz CT molecular complexity index is 627. The van der Waals surface area contributed by atoms with E-state index in [0.29, 0.717) is 0 Å². The molecule has 1 aliphatic carbocycles. The molecule has 0 amide bonds. The minimum Gasteiger partial charge on any atom is -0.502 e. The Morgan fingerprint density at radius 2 is 2.15 bits per heavy atom. The largest absolute Gasteiger partial charge is 0.502 e. The van der Waals surface area contributed by atoms with E-state index in [-0.39, 0.29) is 23.4 Å². The summed E-state index contributed by atoms with van der Waals surface area (Å²) in [4.78, 5) is 9.61. The highest BCUT2D eigenvalue weighted by molar-refractivity contribution is 7.89. The van der Waals surface area contributed by atoms with Crippen LogP contribution in [-0.4, -0.2) is 31.0 Å². The van der Waals surface area contributed by atoms with Gasteiger partial charge in [-0.3, -0.25) is 10.1 Å². The molecular formula is C11H15N3O5S. The Kier molecular flexibility index (Phi) is 3.93. The minimum atomic E-state index is -3.89. The summed E-state index contributed by atoms with van der Waals surface area (Å²) in [5.74, 6) is -0.353. The SMILES string of the molecule is NCC(NS(=O)(=O)c1ccc(O)c([N+](=O)[O-])c1)C1CC1. The number of phenols is 1. The van der Waals surface area contributed by atoms with Crippen LogP contribution in [0, 0.1) is 16.0 Å². The molecule has 0 radical (unpaired) electrons. The third kappa shape index (κ3) is 3.06. The topological polar surface area (TPSA) is 136 Å². The van der Waals surface area contributed by atoms with Crippen molar-refractivity contribution < 1.29 is 18.4 Å². The molecular weight excluding hydrogens is 286 g/mol. The van der Waals surface area contributed by atoms with Crippen LogP contribution in [0.3, 0.4) is 0 Å². The Balaban J connectivity index is 2.29. The molecule has 0 aromatic heterocycles. The van der Waals surface area contributed by atoms with Crippen LogP contribution in [0.4, 0.5) is 5.69 Å². The summed E-state index contributed by atoms with van der Waals surface area (Å²) in [6, 6.07) is 2.57. The van der Waals surface area contributed by atoms with Gasteiger partial charge in [-0.25, -0.2) is 13.1 Å². The van der Waals surface area contributed by atoms with Gasteiger partial charge in [0.2, 0.25) is 10.0 Å². The zero-order chi connectivity index (χ0) is 14.9. The maximum absolute atomic E-state index is 12.1. The predicted octanol–water partition coefficient (Wildman–Crippen LogP) is 0.316. The van der Waals surface area contributed by atoms with Crippen molar-refractivity contribution in [1.29, 1.82) is 0 Å². The monoisotopic (exact) mass is 301 g/mol. The number of rotatable bonds is 6. The first-order valence-electron chi connectivity index (χ1n) is 6.05. The predicted molar refractivity (Wildman–Crippen MR) is 70.6 cm³/mol. The van der Waals surface area contributed by atoms with Gasteiger partial charge in [0, 0.05) is 18.7 Å². The molecule has 110 valence electrons. The lowest BCUT2D eigenvalue weighted by molar-refractivity contribution is -0.386. The highest BCUT2D eigenvalue weighted by Gasteiger charge is 2.34. The average Bonchev–Trinajstić information content (AvgIpc) is 3.20. The van der Waals surface area contributed by atoms with E-state index < -0.39 is 26.4 Å². The quantitative estimate of drug-likeness (QED) is 0.511. The van der Waals surface area contributed by atoms with Gasteiger partial charge in [0.25, 0.3) is 0 Å². The number of benzene rings is 1. The van der Waals surface area contributed by atoms with E-state index >= 15 is 0 Å². The standard InChI is InChI=1S/C11H15N3O5S/c12-6-9(7-1-2-7)13-20(18,19)8-3-4-11(15)10(5-8)14(16)17/h3-5,7,9,13,15H,1-2,6,12H2. The van der Waals surface area contributed by atoms with Gasteiger partial charge in [-0.1, -0.05) is 0 Å². The third-order valence-corrected chi connectivity index (χ3v) is 4.69. The number of nitrogens with one attached hydrogen (secondary N) is 1. The van der Waals surface area contributed by atoms with Crippen molar-refractivity contribution in [2.45, 2.75) is 23.8 Å². The number of hydrogen-bond acceptors (Lipinski definition) is 6. The van der Waals surface area contributed by atoms with Crippen LogP contribution in [0.2, 0.25) is 0 Å². The molecule has 0 saturated heterocycles. The molecule has 9 heteroatoms. The first-order valence-corrected chi connectivity index (χ1v) is 7.53. The number of nitrogens with zero attached hydrogens (tertiary/aromatic N) is 1. The van der Waals surface area contributed by atoms with Crippen LogP contribution < -0.4 is 10.5 Å². The van der Waals surface area contributed by atoms with Gasteiger partial charge in [-0.05, 0) is 30.9 Å². The average molecular weight is 301 g/mol. The molecule has 2 rings (SSSR count). The zero-order valence-corrected chi connectivity index (χ0v) is 11.3. The number of phenolic OH excluding ortho intramolecular Hbond substituents is 1. The van der Waals surface area contributed by atoms with Crippen molar-refractivity contribution in [1.82, 2.24) is 4.72 Å². The van der Waals surface area contributed by atoms with Crippen LogP contribution in [-0.2, 0) is 10.0 Å².